The van der Waals surface area contributed by atoms with Crippen LogP contribution in [0.2, 0.25) is 5.02 Å². The van der Waals surface area contributed by atoms with Gasteiger partial charge in [0, 0.05) is 17.1 Å². The molecule has 1 amide bonds. The van der Waals surface area contributed by atoms with Crippen molar-refractivity contribution in [3.63, 3.8) is 0 Å². The quantitative estimate of drug-likeness (QED) is 0.892. The standard InChI is InChI=1S/C14H20ClNO3/c1-9(17)7-10-5-6-11(15)8-12(10)16-13(18)19-14(2,3)4/h5-6,8-9,17H,7H2,1-4H3,(H,16,18)/t9-/m1/s1. The summed E-state index contributed by atoms with van der Waals surface area (Å²) in [5.41, 5.74) is 0.806. The van der Waals surface area contributed by atoms with Crippen LogP contribution in [0.3, 0.4) is 0 Å². The number of anilines is 1. The minimum atomic E-state index is -0.562. The summed E-state index contributed by atoms with van der Waals surface area (Å²) in [5, 5.41) is 12.6. The molecule has 1 aromatic rings. The van der Waals surface area contributed by atoms with Crippen molar-refractivity contribution in [1.29, 1.82) is 0 Å². The zero-order valence-electron chi connectivity index (χ0n) is 11.7. The first-order chi connectivity index (χ1) is 8.67. The van der Waals surface area contributed by atoms with Gasteiger partial charge in [0.15, 0.2) is 0 Å². The molecule has 1 rings (SSSR count). The van der Waals surface area contributed by atoms with E-state index < -0.39 is 17.8 Å². The molecule has 5 heteroatoms. The molecule has 0 saturated heterocycles. The number of halogens is 1. The number of rotatable bonds is 3. The topological polar surface area (TPSA) is 58.6 Å². The molecule has 1 atom stereocenters. The molecule has 0 bridgehead atoms. The molecule has 0 fully saturated rings. The number of carbonyl (C=O) groups excluding carboxylic acids is 1. The summed E-state index contributed by atoms with van der Waals surface area (Å²) in [6.45, 7) is 7.07. The van der Waals surface area contributed by atoms with Crippen molar-refractivity contribution in [1.82, 2.24) is 0 Å². The third-order valence-electron chi connectivity index (χ3n) is 2.22. The van der Waals surface area contributed by atoms with Gasteiger partial charge in [-0.2, -0.15) is 0 Å². The Morgan fingerprint density at radius 2 is 2.11 bits per heavy atom. The van der Waals surface area contributed by atoms with Crippen LogP contribution in [-0.2, 0) is 11.2 Å². The highest BCUT2D eigenvalue weighted by atomic mass is 35.5. The van der Waals surface area contributed by atoms with Crippen LogP contribution in [0.1, 0.15) is 33.3 Å². The first-order valence-corrected chi connectivity index (χ1v) is 6.51. The lowest BCUT2D eigenvalue weighted by Crippen LogP contribution is -2.27. The SMILES string of the molecule is C[C@@H](O)Cc1ccc(Cl)cc1NC(=O)OC(C)(C)C. The van der Waals surface area contributed by atoms with Crippen molar-refractivity contribution in [2.24, 2.45) is 0 Å². The second-order valence-corrected chi connectivity index (χ2v) is 5.92. The smallest absolute Gasteiger partial charge is 0.412 e. The van der Waals surface area contributed by atoms with E-state index in [1.54, 1.807) is 45.9 Å². The average molecular weight is 286 g/mol. The van der Waals surface area contributed by atoms with Crippen LogP contribution in [0.4, 0.5) is 10.5 Å². The first kappa shape index (κ1) is 15.8. The number of amides is 1. The molecule has 4 nitrogen and oxygen atoms in total. The summed E-state index contributed by atoms with van der Waals surface area (Å²) < 4.78 is 5.19. The van der Waals surface area contributed by atoms with E-state index in [1.165, 1.54) is 0 Å². The van der Waals surface area contributed by atoms with Gasteiger partial charge >= 0.3 is 6.09 Å². The number of nitrogens with one attached hydrogen (secondary N) is 1. The average Bonchev–Trinajstić information content (AvgIpc) is 2.18. The second kappa shape index (κ2) is 6.26. The largest absolute Gasteiger partial charge is 0.444 e. The van der Waals surface area contributed by atoms with Gasteiger partial charge in [0.2, 0.25) is 0 Å². The normalized spacial score (nSPS) is 12.9. The molecule has 0 spiro atoms. The Labute approximate surface area is 118 Å². The van der Waals surface area contributed by atoms with E-state index in [0.29, 0.717) is 17.1 Å². The van der Waals surface area contributed by atoms with Crippen molar-refractivity contribution in [3.8, 4) is 0 Å². The predicted octanol–water partition coefficient (Wildman–Crippen LogP) is 3.61. The lowest BCUT2D eigenvalue weighted by atomic mass is 10.1. The van der Waals surface area contributed by atoms with Crippen LogP contribution in [0.5, 0.6) is 0 Å². The number of hydrogen-bond donors (Lipinski definition) is 2. The van der Waals surface area contributed by atoms with Crippen molar-refractivity contribution >= 4 is 23.4 Å². The van der Waals surface area contributed by atoms with Crippen LogP contribution in [0, 0.1) is 0 Å². The highest BCUT2D eigenvalue weighted by molar-refractivity contribution is 6.31. The molecule has 0 aliphatic heterocycles. The van der Waals surface area contributed by atoms with Gasteiger partial charge in [0.25, 0.3) is 0 Å². The molecule has 0 saturated carbocycles. The fourth-order valence-corrected chi connectivity index (χ4v) is 1.75. The predicted molar refractivity (Wildman–Crippen MR) is 76.7 cm³/mol. The molecule has 0 heterocycles. The molecule has 0 aliphatic rings. The lowest BCUT2D eigenvalue weighted by Gasteiger charge is -2.20. The van der Waals surface area contributed by atoms with E-state index in [4.69, 9.17) is 16.3 Å². The molecule has 0 radical (unpaired) electrons. The Bertz CT molecular complexity index is 452. The van der Waals surface area contributed by atoms with Crippen LogP contribution < -0.4 is 5.32 Å². The molecule has 0 aliphatic carbocycles. The number of benzene rings is 1. The van der Waals surface area contributed by atoms with E-state index in [-0.39, 0.29) is 0 Å². The molecule has 0 aromatic heterocycles. The Balaban J connectivity index is 2.86. The third-order valence-corrected chi connectivity index (χ3v) is 2.46. The number of hydrogen-bond acceptors (Lipinski definition) is 3. The highest BCUT2D eigenvalue weighted by Crippen LogP contribution is 2.23. The Morgan fingerprint density at radius 1 is 1.47 bits per heavy atom. The van der Waals surface area contributed by atoms with Crippen LogP contribution in [0.25, 0.3) is 0 Å². The van der Waals surface area contributed by atoms with Crippen LogP contribution >= 0.6 is 11.6 Å². The van der Waals surface area contributed by atoms with Crippen molar-refractivity contribution in [2.75, 3.05) is 5.32 Å². The van der Waals surface area contributed by atoms with Gasteiger partial charge in [-0.3, -0.25) is 5.32 Å². The van der Waals surface area contributed by atoms with Gasteiger partial charge in [-0.1, -0.05) is 17.7 Å². The van der Waals surface area contributed by atoms with Gasteiger partial charge < -0.3 is 9.84 Å². The number of ether oxygens (including phenoxy) is 1. The van der Waals surface area contributed by atoms with Gasteiger partial charge in [0.1, 0.15) is 5.60 Å². The third kappa shape index (κ3) is 5.94. The zero-order valence-corrected chi connectivity index (χ0v) is 12.4. The zero-order chi connectivity index (χ0) is 14.6. The fraction of sp³-hybridized carbons (Fsp3) is 0.500. The molecular weight excluding hydrogens is 266 g/mol. The first-order valence-electron chi connectivity index (χ1n) is 6.14. The molecule has 0 unspecified atom stereocenters. The molecule has 1 aromatic carbocycles. The maximum Gasteiger partial charge on any atom is 0.412 e. The highest BCUT2D eigenvalue weighted by Gasteiger charge is 2.17. The Hall–Kier alpha value is -1.26. The second-order valence-electron chi connectivity index (χ2n) is 5.48. The molecular formula is C14H20ClNO3. The number of aliphatic hydroxyl groups excluding tert-OH is 1. The van der Waals surface area contributed by atoms with E-state index >= 15 is 0 Å². The van der Waals surface area contributed by atoms with Gasteiger partial charge in [-0.25, -0.2) is 4.79 Å². The summed E-state index contributed by atoms with van der Waals surface area (Å²) >= 11 is 5.92. The summed E-state index contributed by atoms with van der Waals surface area (Å²) in [6.07, 6.45) is -0.607. The van der Waals surface area contributed by atoms with Crippen LogP contribution in [0.15, 0.2) is 18.2 Å². The van der Waals surface area contributed by atoms with E-state index in [2.05, 4.69) is 5.32 Å². The van der Waals surface area contributed by atoms with Gasteiger partial charge in [-0.05, 0) is 45.4 Å². The summed E-state index contributed by atoms with van der Waals surface area (Å²) in [4.78, 5) is 11.7. The summed E-state index contributed by atoms with van der Waals surface area (Å²) in [6, 6.07) is 5.14. The van der Waals surface area contributed by atoms with Crippen molar-refractivity contribution in [3.05, 3.63) is 28.8 Å². The monoisotopic (exact) mass is 285 g/mol. The van der Waals surface area contributed by atoms with Gasteiger partial charge in [-0.15, -0.1) is 0 Å². The molecule has 19 heavy (non-hydrogen) atoms. The summed E-state index contributed by atoms with van der Waals surface area (Å²) in [7, 11) is 0. The molecule has 2 N–H and O–H groups in total. The minimum absolute atomic E-state index is 0.433. The summed E-state index contributed by atoms with van der Waals surface area (Å²) in [5.74, 6) is 0. The van der Waals surface area contributed by atoms with Gasteiger partial charge in [0.05, 0.1) is 6.10 Å². The maximum atomic E-state index is 11.7. The number of carbonyl (C=O) groups is 1. The van der Waals surface area contributed by atoms with E-state index in [9.17, 15) is 9.90 Å². The van der Waals surface area contributed by atoms with E-state index in [0.717, 1.165) is 5.56 Å². The Kier molecular flexibility index (Phi) is 5.20. The number of aliphatic hydroxyl groups is 1. The van der Waals surface area contributed by atoms with E-state index in [1.807, 2.05) is 0 Å². The fourth-order valence-electron chi connectivity index (χ4n) is 1.57. The minimum Gasteiger partial charge on any atom is -0.444 e. The van der Waals surface area contributed by atoms with Crippen molar-refractivity contribution < 1.29 is 14.6 Å². The lowest BCUT2D eigenvalue weighted by molar-refractivity contribution is 0.0635. The maximum absolute atomic E-state index is 11.7. The van der Waals surface area contributed by atoms with Crippen molar-refractivity contribution in [2.45, 2.75) is 45.8 Å². The molecule has 106 valence electrons. The van der Waals surface area contributed by atoms with Crippen LogP contribution in [-0.4, -0.2) is 22.9 Å². The Morgan fingerprint density at radius 3 is 2.63 bits per heavy atom.